The van der Waals surface area contributed by atoms with E-state index < -0.39 is 0 Å². The number of anilines is 1. The van der Waals surface area contributed by atoms with E-state index in [9.17, 15) is 4.79 Å². The van der Waals surface area contributed by atoms with E-state index in [4.69, 9.17) is 18.4 Å². The minimum atomic E-state index is -0.173. The van der Waals surface area contributed by atoms with Crippen LogP contribution < -0.4 is 14.4 Å². The van der Waals surface area contributed by atoms with Gasteiger partial charge in [-0.25, -0.2) is 0 Å². The van der Waals surface area contributed by atoms with Gasteiger partial charge in [-0.2, -0.15) is 10.1 Å². The smallest absolute Gasteiger partial charge is 0.275 e. The number of aromatic amines is 1. The molecule has 1 saturated heterocycles. The van der Waals surface area contributed by atoms with Gasteiger partial charge in [0.25, 0.3) is 5.89 Å². The van der Waals surface area contributed by atoms with Crippen LogP contribution in [0.2, 0.25) is 0 Å². The summed E-state index contributed by atoms with van der Waals surface area (Å²) in [6.07, 6.45) is 1.88. The van der Waals surface area contributed by atoms with Gasteiger partial charge in [-0.3, -0.25) is 9.89 Å². The molecular formula is C20H15N5O5. The van der Waals surface area contributed by atoms with Gasteiger partial charge in [0.1, 0.15) is 11.4 Å². The molecule has 1 fully saturated rings. The van der Waals surface area contributed by atoms with Crippen LogP contribution in [-0.2, 0) is 4.79 Å². The van der Waals surface area contributed by atoms with Crippen molar-refractivity contribution < 1.29 is 23.2 Å². The summed E-state index contributed by atoms with van der Waals surface area (Å²) in [6, 6.07) is 10.8. The standard InChI is InChI=1S/C20H15N5O5/c26-18-6-11(9-25(18)12-3-4-16-17(7-12)29-10-28-16)19-21-20(30-24-19)14-8-13(22-23-14)15-2-1-5-27-15/h1-5,7-8,11H,6,9-10H2,(H,22,23). The normalized spacial score (nSPS) is 17.8. The predicted molar refractivity (Wildman–Crippen MR) is 102 cm³/mol. The van der Waals surface area contributed by atoms with Gasteiger partial charge in [0.15, 0.2) is 23.1 Å². The second-order valence-electron chi connectivity index (χ2n) is 7.04. The number of aromatic nitrogens is 4. The number of nitrogens with zero attached hydrogens (tertiary/aromatic N) is 4. The topological polar surface area (TPSA) is 120 Å². The molecule has 4 aromatic rings. The van der Waals surface area contributed by atoms with Gasteiger partial charge in [0.05, 0.1) is 6.26 Å². The molecule has 0 bridgehead atoms. The van der Waals surface area contributed by atoms with Gasteiger partial charge in [0.2, 0.25) is 12.7 Å². The molecule has 150 valence electrons. The van der Waals surface area contributed by atoms with Crippen LogP contribution >= 0.6 is 0 Å². The number of ether oxygens (including phenoxy) is 2. The van der Waals surface area contributed by atoms with E-state index in [1.165, 1.54) is 0 Å². The number of carbonyl (C=O) groups is 1. The van der Waals surface area contributed by atoms with E-state index in [2.05, 4.69) is 20.3 Å². The number of hydrogen-bond acceptors (Lipinski definition) is 8. The van der Waals surface area contributed by atoms with E-state index in [0.29, 0.717) is 53.3 Å². The minimum absolute atomic E-state index is 0.00754. The van der Waals surface area contributed by atoms with Crippen LogP contribution in [0.15, 0.2) is 51.6 Å². The van der Waals surface area contributed by atoms with Crippen LogP contribution in [0.3, 0.4) is 0 Å². The van der Waals surface area contributed by atoms with Crippen molar-refractivity contribution >= 4 is 11.6 Å². The van der Waals surface area contributed by atoms with Crippen molar-refractivity contribution in [3.05, 3.63) is 48.5 Å². The van der Waals surface area contributed by atoms with E-state index in [0.717, 1.165) is 5.69 Å². The number of nitrogens with one attached hydrogen (secondary N) is 1. The molecule has 0 saturated carbocycles. The Morgan fingerprint density at radius 1 is 1.13 bits per heavy atom. The van der Waals surface area contributed by atoms with E-state index >= 15 is 0 Å². The highest BCUT2D eigenvalue weighted by Gasteiger charge is 2.35. The van der Waals surface area contributed by atoms with Gasteiger partial charge >= 0.3 is 0 Å². The first kappa shape index (κ1) is 16.8. The summed E-state index contributed by atoms with van der Waals surface area (Å²) in [5.74, 6) is 2.56. The van der Waals surface area contributed by atoms with Crippen LogP contribution in [0.5, 0.6) is 11.5 Å². The predicted octanol–water partition coefficient (Wildman–Crippen LogP) is 2.97. The Kier molecular flexibility index (Phi) is 3.63. The van der Waals surface area contributed by atoms with Crippen molar-refractivity contribution in [2.45, 2.75) is 12.3 Å². The Balaban J connectivity index is 1.22. The molecule has 1 aromatic carbocycles. The lowest BCUT2D eigenvalue weighted by atomic mass is 10.1. The van der Waals surface area contributed by atoms with Gasteiger partial charge in [-0.05, 0) is 24.3 Å². The van der Waals surface area contributed by atoms with Crippen molar-refractivity contribution in [1.82, 2.24) is 20.3 Å². The molecule has 2 aliphatic heterocycles. The summed E-state index contributed by atoms with van der Waals surface area (Å²) in [4.78, 5) is 18.8. The molecule has 0 spiro atoms. The zero-order valence-corrected chi connectivity index (χ0v) is 15.6. The second kappa shape index (κ2) is 6.48. The molecule has 1 N–H and O–H groups in total. The van der Waals surface area contributed by atoms with Gasteiger partial charge in [-0.15, -0.1) is 0 Å². The molecule has 1 atom stereocenters. The summed E-state index contributed by atoms with van der Waals surface area (Å²) in [6.45, 7) is 0.647. The van der Waals surface area contributed by atoms with Crippen molar-refractivity contribution in [1.29, 1.82) is 0 Å². The molecule has 0 aliphatic carbocycles. The summed E-state index contributed by atoms with van der Waals surface area (Å²) >= 11 is 0. The molecule has 1 unspecified atom stereocenters. The van der Waals surface area contributed by atoms with Gasteiger partial charge < -0.3 is 23.3 Å². The highest BCUT2D eigenvalue weighted by Crippen LogP contribution is 2.38. The van der Waals surface area contributed by atoms with Crippen LogP contribution in [0.4, 0.5) is 5.69 Å². The Bertz CT molecular complexity index is 1230. The van der Waals surface area contributed by atoms with Crippen LogP contribution in [0.25, 0.3) is 23.0 Å². The minimum Gasteiger partial charge on any atom is -0.463 e. The number of fused-ring (bicyclic) bond motifs is 1. The molecule has 10 nitrogen and oxygen atoms in total. The number of benzene rings is 1. The van der Waals surface area contributed by atoms with Crippen molar-refractivity contribution in [2.24, 2.45) is 0 Å². The molecule has 5 heterocycles. The van der Waals surface area contributed by atoms with Crippen molar-refractivity contribution in [3.8, 4) is 34.5 Å². The molecule has 0 radical (unpaired) electrons. The monoisotopic (exact) mass is 405 g/mol. The van der Waals surface area contributed by atoms with Crippen molar-refractivity contribution in [3.63, 3.8) is 0 Å². The number of furan rings is 1. The number of rotatable bonds is 4. The number of amides is 1. The number of hydrogen-bond donors (Lipinski definition) is 1. The first-order chi connectivity index (χ1) is 14.7. The largest absolute Gasteiger partial charge is 0.463 e. The highest BCUT2D eigenvalue weighted by atomic mass is 16.7. The second-order valence-corrected chi connectivity index (χ2v) is 7.04. The lowest BCUT2D eigenvalue weighted by Crippen LogP contribution is -2.24. The maximum atomic E-state index is 12.6. The van der Waals surface area contributed by atoms with Crippen LogP contribution in [-0.4, -0.2) is 39.6 Å². The zero-order chi connectivity index (χ0) is 20.1. The molecular weight excluding hydrogens is 390 g/mol. The van der Waals surface area contributed by atoms with E-state index in [1.54, 1.807) is 29.4 Å². The molecule has 3 aromatic heterocycles. The average molecular weight is 405 g/mol. The highest BCUT2D eigenvalue weighted by molar-refractivity contribution is 5.96. The fourth-order valence-corrected chi connectivity index (χ4v) is 3.68. The Morgan fingerprint density at radius 2 is 2.07 bits per heavy atom. The third-order valence-electron chi connectivity index (χ3n) is 5.18. The molecule has 10 heteroatoms. The quantitative estimate of drug-likeness (QED) is 0.550. The number of carbonyl (C=O) groups excluding carboxylic acids is 1. The Morgan fingerprint density at radius 3 is 2.97 bits per heavy atom. The molecule has 6 rings (SSSR count). The molecule has 1 amide bonds. The fraction of sp³-hybridized carbons (Fsp3) is 0.200. The van der Waals surface area contributed by atoms with E-state index in [1.807, 2.05) is 18.2 Å². The van der Waals surface area contributed by atoms with Gasteiger partial charge in [-0.1, -0.05) is 5.16 Å². The Labute approximate surface area is 169 Å². The molecule has 2 aliphatic rings. The van der Waals surface area contributed by atoms with E-state index in [-0.39, 0.29) is 18.6 Å². The summed E-state index contributed by atoms with van der Waals surface area (Å²) in [7, 11) is 0. The first-order valence-corrected chi connectivity index (χ1v) is 9.38. The Hall–Kier alpha value is -4.08. The first-order valence-electron chi connectivity index (χ1n) is 9.38. The maximum absolute atomic E-state index is 12.6. The lowest BCUT2D eigenvalue weighted by molar-refractivity contribution is -0.117. The fourth-order valence-electron chi connectivity index (χ4n) is 3.68. The summed E-state index contributed by atoms with van der Waals surface area (Å²) in [5.41, 5.74) is 1.98. The summed E-state index contributed by atoms with van der Waals surface area (Å²) < 4.78 is 21.5. The summed E-state index contributed by atoms with van der Waals surface area (Å²) in [5, 5.41) is 11.2. The number of H-pyrrole nitrogens is 1. The third-order valence-corrected chi connectivity index (χ3v) is 5.18. The van der Waals surface area contributed by atoms with Gasteiger partial charge in [0, 0.05) is 36.7 Å². The maximum Gasteiger partial charge on any atom is 0.275 e. The third kappa shape index (κ3) is 2.72. The SMILES string of the molecule is O=C1CC(c2noc(-c3cc(-c4ccco4)n[nH]3)n2)CN1c1ccc2c(c1)OCO2. The lowest BCUT2D eigenvalue weighted by Gasteiger charge is -2.16. The van der Waals surface area contributed by atoms with Crippen LogP contribution in [0.1, 0.15) is 18.2 Å². The molecule has 30 heavy (non-hydrogen) atoms. The van der Waals surface area contributed by atoms with Crippen molar-refractivity contribution in [2.75, 3.05) is 18.2 Å². The zero-order valence-electron chi connectivity index (χ0n) is 15.6. The average Bonchev–Trinajstić information content (AvgIpc) is 3.57. The van der Waals surface area contributed by atoms with Crippen LogP contribution in [0, 0.1) is 0 Å².